The number of hydrogen-bond donors (Lipinski definition) is 1. The molecule has 8 nitrogen and oxygen atoms in total. The first-order chi connectivity index (χ1) is 12.9. The highest BCUT2D eigenvalue weighted by Crippen LogP contribution is 2.40. The third-order valence-electron chi connectivity index (χ3n) is 4.42. The Morgan fingerprint density at radius 2 is 1.61 bits per heavy atom. The molecule has 0 aliphatic rings. The van der Waals surface area contributed by atoms with Crippen molar-refractivity contribution in [3.8, 4) is 0 Å². The highest BCUT2D eigenvalue weighted by molar-refractivity contribution is 5.81. The predicted octanol–water partition coefficient (Wildman–Crippen LogP) is 1.64. The zero-order valence-corrected chi connectivity index (χ0v) is 18.4. The number of carbonyl (C=O) groups excluding carboxylic acids is 3. The number of aliphatic hydroxyl groups is 1. The van der Waals surface area contributed by atoms with Gasteiger partial charge in [0, 0.05) is 6.54 Å². The van der Waals surface area contributed by atoms with Gasteiger partial charge in [-0.2, -0.15) is 0 Å². The maximum absolute atomic E-state index is 12.9. The fourth-order valence-corrected chi connectivity index (χ4v) is 3.14. The predicted molar refractivity (Wildman–Crippen MR) is 104 cm³/mol. The van der Waals surface area contributed by atoms with Crippen LogP contribution in [0.25, 0.3) is 0 Å². The fraction of sp³-hybridized carbons (Fsp3) is 0.850. The van der Waals surface area contributed by atoms with Crippen LogP contribution in [0.2, 0.25) is 0 Å². The van der Waals surface area contributed by atoms with Crippen molar-refractivity contribution in [2.24, 2.45) is 16.7 Å². The van der Waals surface area contributed by atoms with Gasteiger partial charge in [-0.1, -0.05) is 6.92 Å². The lowest BCUT2D eigenvalue weighted by molar-refractivity contribution is -0.165. The molecule has 0 saturated carbocycles. The molecule has 0 spiro atoms. The van der Waals surface area contributed by atoms with Crippen LogP contribution in [0.4, 0.5) is 0 Å². The van der Waals surface area contributed by atoms with E-state index in [2.05, 4.69) is 0 Å². The van der Waals surface area contributed by atoms with E-state index in [9.17, 15) is 14.4 Å². The van der Waals surface area contributed by atoms with Crippen LogP contribution in [0.3, 0.4) is 0 Å². The summed E-state index contributed by atoms with van der Waals surface area (Å²) in [5.41, 5.74) is -2.01. The van der Waals surface area contributed by atoms with E-state index in [0.29, 0.717) is 6.54 Å². The minimum Gasteiger partial charge on any atom is -0.466 e. The molecular weight excluding hydrogens is 366 g/mol. The summed E-state index contributed by atoms with van der Waals surface area (Å²) >= 11 is 0. The van der Waals surface area contributed by atoms with Gasteiger partial charge < -0.3 is 24.2 Å². The number of hydrogen-bond acceptors (Lipinski definition) is 8. The number of likely N-dealkylation sites (N-methyl/N-ethyl adjacent to an activating group) is 1. The monoisotopic (exact) mass is 403 g/mol. The molecule has 0 aliphatic carbocycles. The van der Waals surface area contributed by atoms with Crippen LogP contribution in [0.5, 0.6) is 0 Å². The van der Waals surface area contributed by atoms with Gasteiger partial charge in [0.1, 0.15) is 13.2 Å². The average Bonchev–Trinajstić information content (AvgIpc) is 2.58. The minimum atomic E-state index is -1.08. The molecular formula is C20H37NO7. The molecule has 8 heteroatoms. The summed E-state index contributed by atoms with van der Waals surface area (Å²) in [6, 6.07) is 0. The largest absolute Gasteiger partial charge is 0.466 e. The first kappa shape index (κ1) is 26.3. The van der Waals surface area contributed by atoms with Gasteiger partial charge in [-0.3, -0.25) is 14.4 Å². The third kappa shape index (κ3) is 9.01. The molecule has 0 aromatic heterocycles. The molecule has 2 atom stereocenters. The summed E-state index contributed by atoms with van der Waals surface area (Å²) in [5.74, 6) is -1.97. The second-order valence-electron chi connectivity index (χ2n) is 8.28. The Morgan fingerprint density at radius 1 is 1.00 bits per heavy atom. The highest BCUT2D eigenvalue weighted by atomic mass is 16.5. The molecule has 164 valence electrons. The zero-order valence-electron chi connectivity index (χ0n) is 18.4. The van der Waals surface area contributed by atoms with Gasteiger partial charge in [0.25, 0.3) is 0 Å². The third-order valence-corrected chi connectivity index (χ3v) is 4.42. The van der Waals surface area contributed by atoms with E-state index in [4.69, 9.17) is 19.3 Å². The van der Waals surface area contributed by atoms with Crippen molar-refractivity contribution in [3.63, 3.8) is 0 Å². The molecule has 0 aliphatic heterocycles. The summed E-state index contributed by atoms with van der Waals surface area (Å²) in [5, 5.41) is 8.82. The Hall–Kier alpha value is -1.67. The van der Waals surface area contributed by atoms with Crippen LogP contribution in [-0.4, -0.2) is 75.0 Å². The van der Waals surface area contributed by atoms with Crippen molar-refractivity contribution in [2.75, 3.05) is 47.1 Å². The van der Waals surface area contributed by atoms with Gasteiger partial charge in [0.2, 0.25) is 0 Å². The Balaban J connectivity index is 5.41. The van der Waals surface area contributed by atoms with Crippen molar-refractivity contribution in [1.29, 1.82) is 0 Å². The number of ether oxygens (including phenoxy) is 3. The number of rotatable bonds is 13. The molecule has 2 unspecified atom stereocenters. The smallest absolute Gasteiger partial charge is 0.311 e. The fourth-order valence-electron chi connectivity index (χ4n) is 3.14. The molecule has 0 rings (SSSR count). The van der Waals surface area contributed by atoms with Crippen molar-refractivity contribution < 1.29 is 33.7 Å². The average molecular weight is 404 g/mol. The lowest BCUT2D eigenvalue weighted by Crippen LogP contribution is -2.41. The van der Waals surface area contributed by atoms with Gasteiger partial charge in [0.05, 0.1) is 30.0 Å². The van der Waals surface area contributed by atoms with Crippen molar-refractivity contribution in [1.82, 2.24) is 4.90 Å². The number of carbonyl (C=O) groups is 3. The first-order valence-electron chi connectivity index (χ1n) is 9.66. The van der Waals surface area contributed by atoms with Gasteiger partial charge >= 0.3 is 17.9 Å². The molecule has 0 heterocycles. The Morgan fingerprint density at radius 3 is 2.11 bits per heavy atom. The number of esters is 3. The molecule has 1 N–H and O–H groups in total. The molecule has 0 aromatic carbocycles. The van der Waals surface area contributed by atoms with Crippen LogP contribution in [-0.2, 0) is 28.6 Å². The highest BCUT2D eigenvalue weighted by Gasteiger charge is 2.45. The van der Waals surface area contributed by atoms with E-state index >= 15 is 0 Å². The lowest BCUT2D eigenvalue weighted by atomic mass is 9.70. The molecule has 0 amide bonds. The molecule has 0 fully saturated rings. The van der Waals surface area contributed by atoms with E-state index in [-0.39, 0.29) is 39.3 Å². The van der Waals surface area contributed by atoms with Crippen LogP contribution < -0.4 is 0 Å². The summed E-state index contributed by atoms with van der Waals surface area (Å²) in [6.07, 6.45) is 0.318. The second kappa shape index (κ2) is 12.0. The van der Waals surface area contributed by atoms with E-state index in [1.165, 1.54) is 0 Å². The number of aliphatic hydroxyl groups excluding tert-OH is 1. The van der Waals surface area contributed by atoms with E-state index in [0.717, 1.165) is 0 Å². The summed E-state index contributed by atoms with van der Waals surface area (Å²) < 4.78 is 15.5. The van der Waals surface area contributed by atoms with Crippen molar-refractivity contribution in [3.05, 3.63) is 0 Å². The summed E-state index contributed by atoms with van der Waals surface area (Å²) in [7, 11) is 3.74. The SMILES string of the molecule is CCOC(=O)C(C)(C)CC(C)(CC(C)C(=O)OCCO)C(=O)OCCN(C)C. The Kier molecular flexibility index (Phi) is 11.3. The first-order valence-corrected chi connectivity index (χ1v) is 9.66. The van der Waals surface area contributed by atoms with E-state index in [1.807, 2.05) is 19.0 Å². The molecule has 0 radical (unpaired) electrons. The zero-order chi connectivity index (χ0) is 22.0. The van der Waals surface area contributed by atoms with E-state index in [1.54, 1.807) is 34.6 Å². The second-order valence-corrected chi connectivity index (χ2v) is 8.28. The van der Waals surface area contributed by atoms with E-state index < -0.39 is 34.7 Å². The quantitative estimate of drug-likeness (QED) is 0.366. The molecule has 28 heavy (non-hydrogen) atoms. The minimum absolute atomic E-state index is 0.0957. The molecule has 0 bridgehead atoms. The summed E-state index contributed by atoms with van der Waals surface area (Å²) in [4.78, 5) is 39.2. The Labute approximate surface area is 168 Å². The normalized spacial score (nSPS) is 14.9. The van der Waals surface area contributed by atoms with Gasteiger partial charge in [-0.05, 0) is 54.6 Å². The van der Waals surface area contributed by atoms with Crippen LogP contribution >= 0.6 is 0 Å². The maximum atomic E-state index is 12.9. The van der Waals surface area contributed by atoms with Gasteiger partial charge in [0.15, 0.2) is 0 Å². The number of nitrogens with zero attached hydrogens (tertiary/aromatic N) is 1. The van der Waals surface area contributed by atoms with Gasteiger partial charge in [-0.25, -0.2) is 0 Å². The molecule has 0 aromatic rings. The van der Waals surface area contributed by atoms with Crippen molar-refractivity contribution >= 4 is 17.9 Å². The standard InChI is InChI=1S/C20H37NO7/c1-8-26-17(24)19(3,4)14-20(5,18(25)28-11-9-21(6)7)13-15(2)16(23)27-12-10-22/h15,22H,8-14H2,1-7H3. The Bertz CT molecular complexity index is 519. The topological polar surface area (TPSA) is 102 Å². The van der Waals surface area contributed by atoms with Gasteiger partial charge in [-0.15, -0.1) is 0 Å². The maximum Gasteiger partial charge on any atom is 0.311 e. The summed E-state index contributed by atoms with van der Waals surface area (Å²) in [6.45, 7) is 9.17. The van der Waals surface area contributed by atoms with Crippen molar-refractivity contribution in [2.45, 2.75) is 47.5 Å². The lowest BCUT2D eigenvalue weighted by Gasteiger charge is -2.35. The molecule has 0 saturated heterocycles. The van der Waals surface area contributed by atoms with Crippen LogP contribution in [0.1, 0.15) is 47.5 Å². The van der Waals surface area contributed by atoms with Crippen LogP contribution in [0.15, 0.2) is 0 Å². The van der Waals surface area contributed by atoms with Crippen LogP contribution in [0, 0.1) is 16.7 Å².